The van der Waals surface area contributed by atoms with Crippen molar-refractivity contribution in [3.63, 3.8) is 0 Å². The molecule has 0 aliphatic carbocycles. The summed E-state index contributed by atoms with van der Waals surface area (Å²) in [6, 6.07) is 0. The van der Waals surface area contributed by atoms with Crippen LogP contribution in [0.4, 0.5) is 4.79 Å². The molecular weight excluding hydrogens is 396 g/mol. The summed E-state index contributed by atoms with van der Waals surface area (Å²) in [6.45, 7) is 12.4. The van der Waals surface area contributed by atoms with E-state index in [1.807, 2.05) is 27.7 Å². The highest BCUT2D eigenvalue weighted by atomic mass is 32.2. The van der Waals surface area contributed by atoms with Crippen molar-refractivity contribution in [3.8, 4) is 0 Å². The average Bonchev–Trinajstić information content (AvgIpc) is 3.29. The monoisotopic (exact) mass is 430 g/mol. The Hall–Kier alpha value is -2.30. The van der Waals surface area contributed by atoms with Gasteiger partial charge in [0.1, 0.15) is 5.84 Å². The Bertz CT molecular complexity index is 752. The van der Waals surface area contributed by atoms with Gasteiger partial charge in [-0.25, -0.2) is 9.79 Å². The maximum Gasteiger partial charge on any atom is 0.438 e. The number of imide groups is 1. The van der Waals surface area contributed by atoms with Crippen molar-refractivity contribution in [2.75, 3.05) is 6.67 Å². The van der Waals surface area contributed by atoms with Gasteiger partial charge in [-0.05, 0) is 5.92 Å². The van der Waals surface area contributed by atoms with Crippen LogP contribution in [0.2, 0.25) is 0 Å². The minimum absolute atomic E-state index is 0. The van der Waals surface area contributed by atoms with Gasteiger partial charge < -0.3 is 0 Å². The highest BCUT2D eigenvalue weighted by Gasteiger charge is 2.33. The number of aromatic amines is 1. The Labute approximate surface area is 176 Å². The minimum Gasteiger partial charge on any atom is -0.296 e. The van der Waals surface area contributed by atoms with Gasteiger partial charge in [-0.2, -0.15) is 5.11 Å². The number of nitrogens with zero attached hydrogens (tertiary/aromatic N) is 4. The van der Waals surface area contributed by atoms with Gasteiger partial charge in [0.15, 0.2) is 12.5 Å². The van der Waals surface area contributed by atoms with Crippen LogP contribution in [-0.4, -0.2) is 39.0 Å². The van der Waals surface area contributed by atoms with E-state index in [0.29, 0.717) is 18.4 Å². The zero-order valence-electron chi connectivity index (χ0n) is 16.3. The number of thioether (sulfide) groups is 1. The van der Waals surface area contributed by atoms with E-state index in [2.05, 4.69) is 49.0 Å². The Morgan fingerprint density at radius 2 is 1.66 bits per heavy atom. The molecule has 29 heavy (non-hydrogen) atoms. The molecule has 1 fully saturated rings. The quantitative estimate of drug-likeness (QED) is 0.735. The molecule has 2 N–H and O–H groups in total. The zero-order valence-corrected chi connectivity index (χ0v) is 17.2. The number of rotatable bonds is 3. The SMILES string of the molecule is C.C.CC(C)C1=NCN=N1.CC(C)C1SC(=O)NC1=O.CC(C)c1noc(=O)[nH]1. The van der Waals surface area contributed by atoms with Crippen LogP contribution in [0.25, 0.3) is 0 Å². The molecule has 11 heteroatoms. The van der Waals surface area contributed by atoms with E-state index in [0.717, 1.165) is 17.6 Å². The molecule has 10 nitrogen and oxygen atoms in total. The molecule has 166 valence electrons. The van der Waals surface area contributed by atoms with Crippen molar-refractivity contribution in [3.05, 3.63) is 16.4 Å². The summed E-state index contributed by atoms with van der Waals surface area (Å²) in [6.07, 6.45) is 0. The lowest BCUT2D eigenvalue weighted by Crippen LogP contribution is -2.27. The Morgan fingerprint density at radius 1 is 1.03 bits per heavy atom. The summed E-state index contributed by atoms with van der Waals surface area (Å²) in [4.78, 5) is 38.2. The van der Waals surface area contributed by atoms with Gasteiger partial charge >= 0.3 is 5.76 Å². The molecule has 3 heterocycles. The fourth-order valence-corrected chi connectivity index (χ4v) is 2.67. The largest absolute Gasteiger partial charge is 0.438 e. The summed E-state index contributed by atoms with van der Waals surface area (Å²) < 4.78 is 4.26. The first kappa shape index (κ1) is 28.9. The normalized spacial score (nSPS) is 17.0. The fourth-order valence-electron chi connectivity index (χ4n) is 1.84. The third-order valence-electron chi connectivity index (χ3n) is 3.31. The number of aliphatic imine (C=N–C) groups is 1. The van der Waals surface area contributed by atoms with Crippen molar-refractivity contribution in [2.24, 2.45) is 27.1 Å². The van der Waals surface area contributed by atoms with Crippen LogP contribution in [0.15, 0.2) is 24.5 Å². The number of hydrogen-bond donors (Lipinski definition) is 2. The van der Waals surface area contributed by atoms with Gasteiger partial charge in [-0.3, -0.25) is 24.4 Å². The lowest BCUT2D eigenvalue weighted by Gasteiger charge is -2.06. The lowest BCUT2D eigenvalue weighted by atomic mass is 10.1. The van der Waals surface area contributed by atoms with E-state index in [9.17, 15) is 14.4 Å². The van der Waals surface area contributed by atoms with E-state index < -0.39 is 5.76 Å². The number of amides is 2. The van der Waals surface area contributed by atoms with Crippen molar-refractivity contribution in [1.29, 1.82) is 0 Å². The van der Waals surface area contributed by atoms with E-state index in [1.54, 1.807) is 0 Å². The van der Waals surface area contributed by atoms with Gasteiger partial charge in [-0.15, -0.1) is 5.11 Å². The second-order valence-corrected chi connectivity index (χ2v) is 7.86. The minimum atomic E-state index is -0.487. The average molecular weight is 431 g/mol. The van der Waals surface area contributed by atoms with Crippen LogP contribution in [0, 0.1) is 11.8 Å². The maximum atomic E-state index is 10.9. The first-order chi connectivity index (χ1) is 12.6. The molecule has 0 bridgehead atoms. The number of azo groups is 1. The third-order valence-corrected chi connectivity index (χ3v) is 4.64. The molecule has 2 amide bonds. The fraction of sp³-hybridized carbons (Fsp3) is 0.722. The number of H-pyrrole nitrogens is 1. The predicted molar refractivity (Wildman–Crippen MR) is 116 cm³/mol. The molecule has 0 aromatic carbocycles. The lowest BCUT2D eigenvalue weighted by molar-refractivity contribution is -0.119. The summed E-state index contributed by atoms with van der Waals surface area (Å²) in [5.74, 6) is 1.72. The molecule has 0 radical (unpaired) electrons. The molecule has 1 aromatic rings. The van der Waals surface area contributed by atoms with Gasteiger partial charge in [0.05, 0.1) is 5.25 Å². The van der Waals surface area contributed by atoms with Gasteiger partial charge in [0, 0.05) is 11.8 Å². The van der Waals surface area contributed by atoms with E-state index in [1.165, 1.54) is 0 Å². The summed E-state index contributed by atoms with van der Waals surface area (Å²) in [5, 5.41) is 12.8. The molecular formula is C18H34N6O4S. The van der Waals surface area contributed by atoms with Crippen LogP contribution >= 0.6 is 11.8 Å². The molecule has 1 unspecified atom stereocenters. The van der Waals surface area contributed by atoms with Gasteiger partial charge in [0.2, 0.25) is 5.91 Å². The van der Waals surface area contributed by atoms with E-state index in [4.69, 9.17) is 0 Å². The molecule has 0 spiro atoms. The van der Waals surface area contributed by atoms with Crippen LogP contribution in [0.5, 0.6) is 0 Å². The first-order valence-electron chi connectivity index (χ1n) is 8.61. The number of amidine groups is 1. The molecule has 1 atom stereocenters. The molecule has 3 rings (SSSR count). The highest BCUT2D eigenvalue weighted by Crippen LogP contribution is 2.25. The van der Waals surface area contributed by atoms with Crippen molar-refractivity contribution in [1.82, 2.24) is 15.5 Å². The zero-order chi connectivity index (χ0) is 20.6. The number of aromatic nitrogens is 2. The van der Waals surface area contributed by atoms with E-state index >= 15 is 0 Å². The topological polar surface area (TPSA) is 142 Å². The van der Waals surface area contributed by atoms with Crippen molar-refractivity contribution >= 4 is 28.7 Å². The van der Waals surface area contributed by atoms with Gasteiger partial charge in [-0.1, -0.05) is 73.3 Å². The molecule has 2 aliphatic rings. The van der Waals surface area contributed by atoms with Crippen molar-refractivity contribution < 1.29 is 14.1 Å². The van der Waals surface area contributed by atoms with Crippen LogP contribution in [-0.2, 0) is 4.79 Å². The maximum absolute atomic E-state index is 10.9. The van der Waals surface area contributed by atoms with Gasteiger partial charge in [0.25, 0.3) is 5.24 Å². The van der Waals surface area contributed by atoms with E-state index in [-0.39, 0.29) is 43.1 Å². The number of hydrogen-bond acceptors (Lipinski definition) is 9. The molecule has 0 saturated carbocycles. The van der Waals surface area contributed by atoms with Crippen molar-refractivity contribution in [2.45, 2.75) is 67.6 Å². The van der Waals surface area contributed by atoms with Crippen LogP contribution in [0.1, 0.15) is 68.1 Å². The smallest absolute Gasteiger partial charge is 0.296 e. The number of carbonyl (C=O) groups is 2. The number of nitrogens with one attached hydrogen (secondary N) is 2. The summed E-state index contributed by atoms with van der Waals surface area (Å²) in [7, 11) is 0. The second kappa shape index (κ2) is 13.8. The van der Waals surface area contributed by atoms with Crippen LogP contribution in [0.3, 0.4) is 0 Å². The summed E-state index contributed by atoms with van der Waals surface area (Å²) >= 11 is 1.08. The third kappa shape index (κ3) is 10.2. The second-order valence-electron chi connectivity index (χ2n) is 6.75. The Balaban J connectivity index is 0. The summed E-state index contributed by atoms with van der Waals surface area (Å²) in [5.41, 5.74) is 0. The molecule has 1 aromatic heterocycles. The Morgan fingerprint density at radius 3 is 1.86 bits per heavy atom. The standard InChI is InChI=1S/C6H9NO2S.C5H9N3.C5H8N2O2.2CH4/c1-3(2)4-5(8)7-6(9)10-4;1-4(2)5-6-3-7-8-5;1-3(2)4-6-5(8)9-7-4;;/h3-4H,1-2H3,(H,7,8,9);4H,3H2,1-2H3;3H,1-2H3,(H,6,7,8);2*1H4. The highest BCUT2D eigenvalue weighted by molar-refractivity contribution is 8.15. The van der Waals surface area contributed by atoms with Crippen LogP contribution < -0.4 is 11.1 Å². The predicted octanol–water partition coefficient (Wildman–Crippen LogP) is 4.22. The molecule has 2 aliphatic heterocycles. The molecule has 1 saturated heterocycles. The number of carbonyl (C=O) groups excluding carboxylic acids is 2. The Kier molecular flexibility index (Phi) is 13.8. The first-order valence-corrected chi connectivity index (χ1v) is 9.49.